The molecule has 2 aromatic heterocycles. The van der Waals surface area contributed by atoms with Crippen LogP contribution >= 0.6 is 0 Å². The number of carbonyl (C=O) groups excluding carboxylic acids is 2. The molecule has 2 heterocycles. The number of H-pyrrole nitrogens is 1. The lowest BCUT2D eigenvalue weighted by Crippen LogP contribution is -2.18. The van der Waals surface area contributed by atoms with E-state index < -0.39 is 11.9 Å². The molecule has 0 saturated carbocycles. The largest absolute Gasteiger partial charge is 0.460 e. The average molecular weight is 295 g/mol. The number of aromatic amines is 1. The summed E-state index contributed by atoms with van der Waals surface area (Å²) in [4.78, 5) is 31.8. The Morgan fingerprint density at radius 1 is 1.19 bits per heavy atom. The summed E-state index contributed by atoms with van der Waals surface area (Å²) in [7, 11) is 0. The van der Waals surface area contributed by atoms with Gasteiger partial charge >= 0.3 is 11.9 Å². The van der Waals surface area contributed by atoms with E-state index in [1.807, 2.05) is 0 Å². The molecule has 0 aliphatic rings. The van der Waals surface area contributed by atoms with E-state index in [4.69, 9.17) is 5.84 Å². The predicted molar refractivity (Wildman–Crippen MR) is 72.9 cm³/mol. The summed E-state index contributed by atoms with van der Waals surface area (Å²) in [6.45, 7) is 4.17. The van der Waals surface area contributed by atoms with Crippen molar-refractivity contribution >= 4 is 11.9 Å². The summed E-state index contributed by atoms with van der Waals surface area (Å²) in [6, 6.07) is 0. The summed E-state index contributed by atoms with van der Waals surface area (Å²) in [5, 5.41) is 0. The van der Waals surface area contributed by atoms with Crippen LogP contribution in [0.5, 0.6) is 0 Å². The number of hydrogen-bond donors (Lipinski definition) is 2. The third-order valence-electron chi connectivity index (χ3n) is 2.09. The third kappa shape index (κ3) is 4.97. The van der Waals surface area contributed by atoms with E-state index in [2.05, 4.69) is 24.4 Å². The molecule has 0 radical (unpaired) electrons. The lowest BCUT2D eigenvalue weighted by atomic mass is 10.6. The fourth-order valence-corrected chi connectivity index (χ4v) is 1.24. The number of nitrogen functional groups attached to an aromatic ring is 1. The molecule has 0 saturated heterocycles. The van der Waals surface area contributed by atoms with Crippen molar-refractivity contribution < 1.29 is 19.1 Å². The minimum absolute atomic E-state index is 0.117. The first-order chi connectivity index (χ1) is 10.1. The molecule has 3 N–H and O–H groups in total. The normalized spacial score (nSPS) is 9.43. The summed E-state index contributed by atoms with van der Waals surface area (Å²) < 4.78 is 10.4. The van der Waals surface area contributed by atoms with Crippen molar-refractivity contribution in [2.45, 2.75) is 13.8 Å². The van der Waals surface area contributed by atoms with Gasteiger partial charge in [-0.15, -0.1) is 0 Å². The van der Waals surface area contributed by atoms with Crippen LogP contribution in [0.3, 0.4) is 0 Å². The lowest BCUT2D eigenvalue weighted by molar-refractivity contribution is 0.0501. The Bertz CT molecular complexity index is 564. The number of rotatable bonds is 4. The Kier molecular flexibility index (Phi) is 6.45. The molecule has 0 aliphatic carbocycles. The standard InChI is InChI=1S/C6H9N3O2.C6H8N2O2/c1-2-11-6(10)5-8-3-4-9(5)7;1-2-10-6(9)5-7-3-4-8-5/h3-4H,2,7H2,1H3;3-4H,2H2,1H3,(H,7,8). The van der Waals surface area contributed by atoms with Gasteiger partial charge in [0.25, 0.3) is 0 Å². The highest BCUT2D eigenvalue weighted by molar-refractivity contribution is 5.85. The minimum atomic E-state index is -0.500. The number of esters is 2. The molecule has 0 aromatic carbocycles. The van der Waals surface area contributed by atoms with E-state index in [0.29, 0.717) is 13.2 Å². The van der Waals surface area contributed by atoms with Gasteiger partial charge in [0.05, 0.1) is 13.2 Å². The van der Waals surface area contributed by atoms with Gasteiger partial charge in [-0.3, -0.25) is 0 Å². The number of nitrogens with zero attached hydrogens (tertiary/aromatic N) is 3. The summed E-state index contributed by atoms with van der Waals surface area (Å²) in [6.07, 6.45) is 6.00. The van der Waals surface area contributed by atoms with Gasteiger partial charge in [0.2, 0.25) is 11.6 Å². The molecule has 9 nitrogen and oxygen atoms in total. The van der Waals surface area contributed by atoms with Crippen molar-refractivity contribution in [3.05, 3.63) is 36.4 Å². The maximum Gasteiger partial charge on any atom is 0.376 e. The molecule has 0 unspecified atom stereocenters. The zero-order valence-electron chi connectivity index (χ0n) is 11.8. The second kappa shape index (κ2) is 8.35. The van der Waals surface area contributed by atoms with Gasteiger partial charge in [-0.25, -0.2) is 24.2 Å². The van der Waals surface area contributed by atoms with E-state index in [9.17, 15) is 9.59 Å². The van der Waals surface area contributed by atoms with E-state index in [1.165, 1.54) is 18.6 Å². The highest BCUT2D eigenvalue weighted by Gasteiger charge is 2.11. The third-order valence-corrected chi connectivity index (χ3v) is 2.09. The van der Waals surface area contributed by atoms with Gasteiger partial charge in [0.15, 0.2) is 0 Å². The number of nitrogens with two attached hydrogens (primary N) is 1. The molecule has 2 aromatic rings. The van der Waals surface area contributed by atoms with Crippen LogP contribution in [0, 0.1) is 0 Å². The van der Waals surface area contributed by atoms with Crippen LogP contribution in [0.15, 0.2) is 24.8 Å². The van der Waals surface area contributed by atoms with Crippen molar-refractivity contribution in [3.63, 3.8) is 0 Å². The number of nitrogens with one attached hydrogen (secondary N) is 1. The lowest BCUT2D eigenvalue weighted by Gasteiger charge is -1.99. The zero-order valence-corrected chi connectivity index (χ0v) is 11.8. The Balaban J connectivity index is 0.000000211. The Morgan fingerprint density at radius 2 is 1.86 bits per heavy atom. The number of ether oxygens (including phenoxy) is 2. The van der Waals surface area contributed by atoms with E-state index in [0.717, 1.165) is 4.68 Å². The minimum Gasteiger partial charge on any atom is -0.460 e. The predicted octanol–water partition coefficient (Wildman–Crippen LogP) is 0.360. The van der Waals surface area contributed by atoms with Gasteiger partial charge in [-0.2, -0.15) is 0 Å². The van der Waals surface area contributed by atoms with Crippen LogP contribution in [0.1, 0.15) is 35.1 Å². The average Bonchev–Trinajstić information content (AvgIpc) is 3.11. The van der Waals surface area contributed by atoms with Crippen molar-refractivity contribution in [2.24, 2.45) is 0 Å². The summed E-state index contributed by atoms with van der Waals surface area (Å²) in [5.41, 5.74) is 0. The fraction of sp³-hybridized carbons (Fsp3) is 0.333. The Hall–Kier alpha value is -2.84. The van der Waals surface area contributed by atoms with Crippen molar-refractivity contribution in [3.8, 4) is 0 Å². The van der Waals surface area contributed by atoms with Gasteiger partial charge in [-0.05, 0) is 13.8 Å². The Labute approximate surface area is 121 Å². The van der Waals surface area contributed by atoms with Crippen LogP contribution in [0.2, 0.25) is 0 Å². The topological polar surface area (TPSA) is 125 Å². The Morgan fingerprint density at radius 3 is 2.33 bits per heavy atom. The molecule has 0 spiro atoms. The fourth-order valence-electron chi connectivity index (χ4n) is 1.24. The highest BCUT2D eigenvalue weighted by Crippen LogP contribution is 1.94. The SMILES string of the molecule is CCOC(=O)c1ncc[nH]1.CCOC(=O)c1nccn1N. The smallest absolute Gasteiger partial charge is 0.376 e. The van der Waals surface area contributed by atoms with Crippen LogP contribution in [-0.2, 0) is 9.47 Å². The van der Waals surface area contributed by atoms with Crippen LogP contribution < -0.4 is 5.84 Å². The van der Waals surface area contributed by atoms with E-state index >= 15 is 0 Å². The molecule has 9 heteroatoms. The molecule has 0 aliphatic heterocycles. The highest BCUT2D eigenvalue weighted by atomic mass is 16.5. The molecule has 2 rings (SSSR count). The second-order valence-electron chi connectivity index (χ2n) is 3.54. The van der Waals surface area contributed by atoms with Crippen molar-refractivity contribution in [1.29, 1.82) is 0 Å². The van der Waals surface area contributed by atoms with Crippen LogP contribution in [0.4, 0.5) is 0 Å². The van der Waals surface area contributed by atoms with E-state index in [1.54, 1.807) is 20.0 Å². The first-order valence-electron chi connectivity index (χ1n) is 6.22. The maximum absolute atomic E-state index is 10.9. The molecular weight excluding hydrogens is 278 g/mol. The van der Waals surface area contributed by atoms with E-state index in [-0.39, 0.29) is 11.6 Å². The van der Waals surface area contributed by atoms with Gasteiger partial charge < -0.3 is 20.3 Å². The number of imidazole rings is 2. The molecule has 0 fully saturated rings. The first-order valence-corrected chi connectivity index (χ1v) is 6.22. The first kappa shape index (κ1) is 16.2. The van der Waals surface area contributed by atoms with Crippen molar-refractivity contribution in [1.82, 2.24) is 19.6 Å². The summed E-state index contributed by atoms with van der Waals surface area (Å²) in [5.74, 6) is 4.78. The quantitative estimate of drug-likeness (QED) is 0.616. The number of carbonyl (C=O) groups is 2. The van der Waals surface area contributed by atoms with Crippen molar-refractivity contribution in [2.75, 3.05) is 19.1 Å². The van der Waals surface area contributed by atoms with Crippen LogP contribution in [0.25, 0.3) is 0 Å². The monoisotopic (exact) mass is 295 g/mol. The molecule has 21 heavy (non-hydrogen) atoms. The molecule has 114 valence electrons. The maximum atomic E-state index is 10.9. The zero-order chi connectivity index (χ0) is 15.7. The van der Waals surface area contributed by atoms with Gasteiger partial charge in [0, 0.05) is 24.8 Å². The molecule has 0 amide bonds. The molecule has 0 bridgehead atoms. The summed E-state index contributed by atoms with van der Waals surface area (Å²) >= 11 is 0. The second-order valence-corrected chi connectivity index (χ2v) is 3.54. The number of hydrogen-bond acceptors (Lipinski definition) is 7. The van der Waals surface area contributed by atoms with Gasteiger partial charge in [-0.1, -0.05) is 0 Å². The molecule has 0 atom stereocenters. The van der Waals surface area contributed by atoms with Crippen LogP contribution in [-0.4, -0.2) is 44.8 Å². The van der Waals surface area contributed by atoms with Gasteiger partial charge in [0.1, 0.15) is 0 Å². The number of aromatic nitrogens is 4. The molecular formula is C12H17N5O4.